The number of hydrogen-bond donors (Lipinski definition) is 2. The second-order valence-electron chi connectivity index (χ2n) is 7.66. The molecule has 2 fully saturated rings. The zero-order valence-electron chi connectivity index (χ0n) is 15.9. The van der Waals surface area contributed by atoms with Crippen LogP contribution in [0.1, 0.15) is 41.7 Å². The summed E-state index contributed by atoms with van der Waals surface area (Å²) in [6.45, 7) is 4.16. The molecule has 1 saturated heterocycles. The molecule has 8 heteroatoms. The first-order valence-corrected chi connectivity index (χ1v) is 9.59. The Morgan fingerprint density at radius 2 is 2.00 bits per heavy atom. The van der Waals surface area contributed by atoms with Crippen molar-refractivity contribution in [3.63, 3.8) is 0 Å². The summed E-state index contributed by atoms with van der Waals surface area (Å²) >= 11 is 0. The van der Waals surface area contributed by atoms with E-state index in [9.17, 15) is 14.3 Å². The molecule has 2 heterocycles. The maximum atomic E-state index is 13.3. The molecule has 1 saturated carbocycles. The number of aryl methyl sites for hydroxylation is 1. The van der Waals surface area contributed by atoms with E-state index in [-0.39, 0.29) is 35.6 Å². The predicted molar refractivity (Wildman–Crippen MR) is 107 cm³/mol. The molecular weight excluding hydrogens is 383 g/mol. The fourth-order valence-corrected chi connectivity index (χ4v) is 3.61. The molecule has 4 rings (SSSR count). The molecule has 2 aliphatic rings. The summed E-state index contributed by atoms with van der Waals surface area (Å²) in [5, 5.41) is 18.1. The zero-order chi connectivity index (χ0) is 19.0. The van der Waals surface area contributed by atoms with Gasteiger partial charge in [-0.1, -0.05) is 0 Å². The van der Waals surface area contributed by atoms with Crippen molar-refractivity contribution in [3.05, 3.63) is 41.5 Å². The smallest absolute Gasteiger partial charge is 0.278 e. The van der Waals surface area contributed by atoms with E-state index in [2.05, 4.69) is 10.4 Å². The number of amides is 1. The molecule has 1 aromatic carbocycles. The molecule has 28 heavy (non-hydrogen) atoms. The number of halogens is 2. The highest BCUT2D eigenvalue weighted by atomic mass is 35.5. The minimum absolute atomic E-state index is 0. The number of carbonyl (C=O) groups is 1. The van der Waals surface area contributed by atoms with Crippen LogP contribution in [-0.4, -0.2) is 51.4 Å². The van der Waals surface area contributed by atoms with Crippen molar-refractivity contribution in [1.82, 2.24) is 20.0 Å². The van der Waals surface area contributed by atoms with Crippen LogP contribution in [0.2, 0.25) is 0 Å². The molecule has 6 nitrogen and oxygen atoms in total. The quantitative estimate of drug-likeness (QED) is 0.797. The van der Waals surface area contributed by atoms with Crippen molar-refractivity contribution in [1.29, 1.82) is 0 Å². The summed E-state index contributed by atoms with van der Waals surface area (Å²) in [7, 11) is 0. The van der Waals surface area contributed by atoms with E-state index in [0.29, 0.717) is 30.4 Å². The average molecular weight is 409 g/mol. The third-order valence-corrected chi connectivity index (χ3v) is 5.48. The maximum Gasteiger partial charge on any atom is 0.278 e. The number of piperidine rings is 1. The lowest BCUT2D eigenvalue weighted by molar-refractivity contribution is 0.0695. The molecule has 0 radical (unpaired) electrons. The van der Waals surface area contributed by atoms with Crippen molar-refractivity contribution in [2.45, 2.75) is 38.6 Å². The van der Waals surface area contributed by atoms with Gasteiger partial charge in [0.1, 0.15) is 5.82 Å². The Bertz CT molecular complexity index is 845. The van der Waals surface area contributed by atoms with Gasteiger partial charge in [-0.15, -0.1) is 12.4 Å². The number of likely N-dealkylation sites (tertiary alicyclic amines) is 1. The highest BCUT2D eigenvalue weighted by Gasteiger charge is 2.29. The van der Waals surface area contributed by atoms with Gasteiger partial charge in [-0.2, -0.15) is 5.10 Å². The third-order valence-electron chi connectivity index (χ3n) is 5.48. The van der Waals surface area contributed by atoms with Crippen molar-refractivity contribution < 1.29 is 14.3 Å². The van der Waals surface area contributed by atoms with Crippen LogP contribution in [0.5, 0.6) is 5.75 Å². The minimum atomic E-state index is -0.331. The van der Waals surface area contributed by atoms with Gasteiger partial charge in [0.25, 0.3) is 5.91 Å². The van der Waals surface area contributed by atoms with Crippen LogP contribution in [-0.2, 0) is 0 Å². The molecule has 2 aromatic rings. The van der Waals surface area contributed by atoms with Crippen LogP contribution >= 0.6 is 12.4 Å². The fourth-order valence-electron chi connectivity index (χ4n) is 3.61. The van der Waals surface area contributed by atoms with Crippen molar-refractivity contribution in [2.75, 3.05) is 19.6 Å². The zero-order valence-corrected chi connectivity index (χ0v) is 16.7. The molecule has 1 aliphatic heterocycles. The van der Waals surface area contributed by atoms with Crippen LogP contribution in [0.3, 0.4) is 0 Å². The second-order valence-corrected chi connectivity index (χ2v) is 7.66. The number of rotatable bonds is 5. The van der Waals surface area contributed by atoms with Crippen LogP contribution in [0, 0.1) is 18.7 Å². The lowest BCUT2D eigenvalue weighted by atomic mass is 10.0. The summed E-state index contributed by atoms with van der Waals surface area (Å²) < 4.78 is 14.7. The Hall–Kier alpha value is -2.12. The van der Waals surface area contributed by atoms with Gasteiger partial charge in [0.05, 0.1) is 11.9 Å². The fraction of sp³-hybridized carbons (Fsp3) is 0.500. The summed E-state index contributed by atoms with van der Waals surface area (Å²) in [6.07, 6.45) is 5.89. The average Bonchev–Trinajstić information content (AvgIpc) is 3.41. The predicted octanol–water partition coefficient (Wildman–Crippen LogP) is 3.05. The Balaban J connectivity index is 0.00000225. The monoisotopic (exact) mass is 408 g/mol. The second kappa shape index (κ2) is 8.49. The Kier molecular flexibility index (Phi) is 6.25. The lowest BCUT2D eigenvalue weighted by Gasteiger charge is -2.32. The number of carbonyl (C=O) groups excluding carboxylic acids is 1. The van der Waals surface area contributed by atoms with E-state index < -0.39 is 0 Å². The molecule has 0 spiro atoms. The van der Waals surface area contributed by atoms with Gasteiger partial charge in [-0.25, -0.2) is 9.07 Å². The van der Waals surface area contributed by atoms with E-state index in [1.54, 1.807) is 17.9 Å². The summed E-state index contributed by atoms with van der Waals surface area (Å²) in [5.74, 6) is 0.104. The van der Waals surface area contributed by atoms with Gasteiger partial charge in [0.2, 0.25) is 0 Å². The standard InChI is InChI=1S/C20H25FN4O2.ClH/c1-13-10-15(21)4-5-17(13)25-12-18(26)19(23-25)20(27)24-8-6-16(7-9-24)22-11-14-2-3-14;/h4-5,10,12,14,16,22,26H,2-3,6-9,11H2,1H3;1H. The highest BCUT2D eigenvalue weighted by molar-refractivity contribution is 5.95. The normalized spacial score (nSPS) is 17.4. The number of benzene rings is 1. The van der Waals surface area contributed by atoms with Crippen molar-refractivity contribution >= 4 is 18.3 Å². The van der Waals surface area contributed by atoms with Gasteiger partial charge in [-0.05, 0) is 68.8 Å². The van der Waals surface area contributed by atoms with E-state index in [4.69, 9.17) is 0 Å². The topological polar surface area (TPSA) is 70.4 Å². The highest BCUT2D eigenvalue weighted by Crippen LogP contribution is 2.28. The number of aromatic hydroxyl groups is 1. The van der Waals surface area contributed by atoms with E-state index in [1.165, 1.54) is 35.9 Å². The van der Waals surface area contributed by atoms with Gasteiger partial charge < -0.3 is 15.3 Å². The number of nitrogens with one attached hydrogen (secondary N) is 1. The Labute approximate surface area is 170 Å². The molecule has 1 amide bonds. The molecule has 0 bridgehead atoms. The lowest BCUT2D eigenvalue weighted by Crippen LogP contribution is -2.45. The van der Waals surface area contributed by atoms with E-state index >= 15 is 0 Å². The van der Waals surface area contributed by atoms with Crippen LogP contribution < -0.4 is 5.32 Å². The number of hydrogen-bond acceptors (Lipinski definition) is 4. The molecule has 1 aromatic heterocycles. The number of aromatic nitrogens is 2. The minimum Gasteiger partial charge on any atom is -0.504 e. The summed E-state index contributed by atoms with van der Waals surface area (Å²) in [5.41, 5.74) is 1.36. The first-order chi connectivity index (χ1) is 13.0. The van der Waals surface area contributed by atoms with Gasteiger partial charge in [0.15, 0.2) is 11.4 Å². The number of nitrogens with zero attached hydrogens (tertiary/aromatic N) is 3. The molecule has 2 N–H and O–H groups in total. The van der Waals surface area contributed by atoms with Crippen LogP contribution in [0.4, 0.5) is 4.39 Å². The van der Waals surface area contributed by atoms with Gasteiger partial charge in [0, 0.05) is 19.1 Å². The largest absolute Gasteiger partial charge is 0.504 e. The maximum absolute atomic E-state index is 13.3. The van der Waals surface area contributed by atoms with Crippen molar-refractivity contribution in [3.8, 4) is 11.4 Å². The van der Waals surface area contributed by atoms with Crippen LogP contribution in [0.25, 0.3) is 5.69 Å². The molecule has 152 valence electrons. The first-order valence-electron chi connectivity index (χ1n) is 9.59. The van der Waals surface area contributed by atoms with Crippen molar-refractivity contribution in [2.24, 2.45) is 5.92 Å². The molecular formula is C20H26ClFN4O2. The molecule has 0 atom stereocenters. The third kappa shape index (κ3) is 4.47. The van der Waals surface area contributed by atoms with Crippen LogP contribution in [0.15, 0.2) is 24.4 Å². The van der Waals surface area contributed by atoms with Gasteiger partial charge >= 0.3 is 0 Å². The molecule has 0 unspecified atom stereocenters. The SMILES string of the molecule is Cc1cc(F)ccc1-n1cc(O)c(C(=O)N2CCC(NCC3CC3)CC2)n1.Cl. The summed E-state index contributed by atoms with van der Waals surface area (Å²) in [4.78, 5) is 14.5. The van der Waals surface area contributed by atoms with Gasteiger partial charge in [-0.3, -0.25) is 4.79 Å². The Morgan fingerprint density at radius 1 is 1.29 bits per heavy atom. The molecule has 1 aliphatic carbocycles. The Morgan fingerprint density at radius 3 is 2.64 bits per heavy atom. The summed E-state index contributed by atoms with van der Waals surface area (Å²) in [6, 6.07) is 4.78. The van der Waals surface area contributed by atoms with E-state index in [0.717, 1.165) is 25.3 Å². The first kappa shape index (κ1) is 20.6. The van der Waals surface area contributed by atoms with E-state index in [1.807, 2.05) is 0 Å².